The average molecular weight is 282 g/mol. The monoisotopic (exact) mass is 282 g/mol. The summed E-state index contributed by atoms with van der Waals surface area (Å²) in [6, 6.07) is 8.62. The molecule has 2 aliphatic rings. The fourth-order valence-corrected chi connectivity index (χ4v) is 2.94. The van der Waals surface area contributed by atoms with Gasteiger partial charge in [-0.25, -0.2) is 9.67 Å². The molecule has 0 bridgehead atoms. The fourth-order valence-electron chi connectivity index (χ4n) is 2.94. The molecule has 5 nitrogen and oxygen atoms in total. The minimum absolute atomic E-state index is 0.456. The minimum Gasteiger partial charge on any atom is -0.489 e. The first-order valence-electron chi connectivity index (χ1n) is 7.40. The molecule has 1 N–H and O–H groups in total. The van der Waals surface area contributed by atoms with Gasteiger partial charge in [0.05, 0.1) is 6.54 Å². The number of hydrogen-bond donors (Lipinski definition) is 1. The lowest BCUT2D eigenvalue weighted by Crippen LogP contribution is -2.39. The van der Waals surface area contributed by atoms with Crippen molar-refractivity contribution in [3.05, 3.63) is 47.6 Å². The third kappa shape index (κ3) is 2.56. The maximum atomic E-state index is 5.78. The zero-order chi connectivity index (χ0) is 14.1. The number of benzene rings is 1. The van der Waals surface area contributed by atoms with Crippen LogP contribution >= 0.6 is 0 Å². The lowest BCUT2D eigenvalue weighted by Gasteiger charge is -2.25. The van der Waals surface area contributed by atoms with Gasteiger partial charge in [0.25, 0.3) is 0 Å². The van der Waals surface area contributed by atoms with E-state index in [9.17, 15) is 0 Å². The van der Waals surface area contributed by atoms with Gasteiger partial charge in [0.15, 0.2) is 0 Å². The lowest BCUT2D eigenvalue weighted by atomic mass is 10.1. The molecule has 0 radical (unpaired) electrons. The van der Waals surface area contributed by atoms with E-state index in [1.807, 2.05) is 22.9 Å². The molecule has 0 spiro atoms. The van der Waals surface area contributed by atoms with Crippen molar-refractivity contribution in [3.8, 4) is 5.75 Å². The molecule has 4 rings (SSSR count). The van der Waals surface area contributed by atoms with Crippen molar-refractivity contribution in [1.82, 2.24) is 20.1 Å². The van der Waals surface area contributed by atoms with Crippen molar-refractivity contribution in [2.45, 2.75) is 25.4 Å². The van der Waals surface area contributed by atoms with Crippen molar-refractivity contribution in [3.63, 3.8) is 0 Å². The molecule has 1 aromatic carbocycles. The molecular weight excluding hydrogens is 264 g/mol. The Morgan fingerprint density at radius 1 is 1.33 bits per heavy atom. The first-order valence-corrected chi connectivity index (χ1v) is 7.40. The van der Waals surface area contributed by atoms with E-state index in [-0.39, 0.29) is 0 Å². The van der Waals surface area contributed by atoms with Gasteiger partial charge in [0.1, 0.15) is 24.5 Å². The van der Waals surface area contributed by atoms with E-state index < -0.39 is 0 Å². The lowest BCUT2D eigenvalue weighted by molar-refractivity contribution is 0.330. The van der Waals surface area contributed by atoms with Crippen LogP contribution < -0.4 is 10.1 Å². The van der Waals surface area contributed by atoms with E-state index in [1.54, 1.807) is 6.33 Å². The molecule has 108 valence electrons. The SMILES string of the molecule is C1=C(CN[C@H]2CCc3ncnn3C2)COc2ccccc21. The van der Waals surface area contributed by atoms with Crippen molar-refractivity contribution in [2.75, 3.05) is 13.2 Å². The van der Waals surface area contributed by atoms with Gasteiger partial charge in [-0.05, 0) is 24.1 Å². The summed E-state index contributed by atoms with van der Waals surface area (Å²) in [5.74, 6) is 2.08. The molecule has 0 aliphatic carbocycles. The van der Waals surface area contributed by atoms with E-state index >= 15 is 0 Å². The molecule has 0 saturated carbocycles. The summed E-state index contributed by atoms with van der Waals surface area (Å²) in [6.07, 6.45) is 5.99. The molecule has 0 saturated heterocycles. The van der Waals surface area contributed by atoms with Gasteiger partial charge in [-0.2, -0.15) is 5.10 Å². The Labute approximate surface area is 123 Å². The summed E-state index contributed by atoms with van der Waals surface area (Å²) in [5, 5.41) is 7.87. The standard InChI is InChI=1S/C16H18N4O/c1-2-4-15-13(3-1)7-12(10-21-15)8-17-14-5-6-16-18-11-19-20(16)9-14/h1-4,7,11,14,17H,5-6,8-10H2/t14-/m0/s1. The van der Waals surface area contributed by atoms with Crippen molar-refractivity contribution >= 4 is 6.08 Å². The van der Waals surface area contributed by atoms with Crippen LogP contribution in [0, 0.1) is 0 Å². The van der Waals surface area contributed by atoms with Crippen LogP contribution in [0.5, 0.6) is 5.75 Å². The quantitative estimate of drug-likeness (QED) is 0.930. The first kappa shape index (κ1) is 12.6. The number of fused-ring (bicyclic) bond motifs is 2. The highest BCUT2D eigenvalue weighted by Crippen LogP contribution is 2.25. The van der Waals surface area contributed by atoms with Gasteiger partial charge >= 0.3 is 0 Å². The zero-order valence-corrected chi connectivity index (χ0v) is 11.8. The number of hydrogen-bond acceptors (Lipinski definition) is 4. The van der Waals surface area contributed by atoms with Crippen molar-refractivity contribution < 1.29 is 4.74 Å². The maximum Gasteiger partial charge on any atom is 0.138 e. The van der Waals surface area contributed by atoms with E-state index in [2.05, 4.69) is 27.5 Å². The third-order valence-corrected chi connectivity index (χ3v) is 4.11. The number of nitrogens with zero attached hydrogens (tertiary/aromatic N) is 3. The Kier molecular flexibility index (Phi) is 3.20. The highest BCUT2D eigenvalue weighted by Gasteiger charge is 2.20. The number of aromatic nitrogens is 3. The first-order chi connectivity index (χ1) is 10.4. The fraction of sp³-hybridized carbons (Fsp3) is 0.375. The summed E-state index contributed by atoms with van der Waals surface area (Å²) in [4.78, 5) is 4.26. The van der Waals surface area contributed by atoms with Crippen LogP contribution in [-0.4, -0.2) is 34.0 Å². The van der Waals surface area contributed by atoms with Crippen LogP contribution in [0.15, 0.2) is 36.2 Å². The van der Waals surface area contributed by atoms with E-state index in [0.717, 1.165) is 37.5 Å². The van der Waals surface area contributed by atoms with Gasteiger partial charge in [-0.1, -0.05) is 18.2 Å². The predicted molar refractivity (Wildman–Crippen MR) is 80.0 cm³/mol. The van der Waals surface area contributed by atoms with Crippen LogP contribution in [0.2, 0.25) is 0 Å². The Hall–Kier alpha value is -2.14. The molecule has 1 atom stereocenters. The molecular formula is C16H18N4O. The maximum absolute atomic E-state index is 5.78. The largest absolute Gasteiger partial charge is 0.489 e. The van der Waals surface area contributed by atoms with Gasteiger partial charge in [0.2, 0.25) is 0 Å². The molecule has 2 aromatic rings. The predicted octanol–water partition coefficient (Wildman–Crippen LogP) is 1.66. The van der Waals surface area contributed by atoms with E-state index in [4.69, 9.17) is 4.74 Å². The Balaban J connectivity index is 1.39. The van der Waals surface area contributed by atoms with Crippen LogP contribution in [0.25, 0.3) is 6.08 Å². The van der Waals surface area contributed by atoms with Crippen molar-refractivity contribution in [1.29, 1.82) is 0 Å². The number of rotatable bonds is 3. The molecule has 0 unspecified atom stereocenters. The average Bonchev–Trinajstić information content (AvgIpc) is 3.00. The van der Waals surface area contributed by atoms with Crippen molar-refractivity contribution in [2.24, 2.45) is 0 Å². The Bertz CT molecular complexity index is 676. The Morgan fingerprint density at radius 2 is 2.29 bits per heavy atom. The number of ether oxygens (including phenoxy) is 1. The third-order valence-electron chi connectivity index (χ3n) is 4.11. The number of aryl methyl sites for hydroxylation is 1. The minimum atomic E-state index is 0.456. The van der Waals surface area contributed by atoms with Crippen LogP contribution in [0.4, 0.5) is 0 Å². The van der Waals surface area contributed by atoms with E-state index in [0.29, 0.717) is 12.6 Å². The summed E-state index contributed by atoms with van der Waals surface area (Å²) in [5.41, 5.74) is 2.46. The number of para-hydroxylation sites is 1. The van der Waals surface area contributed by atoms with Crippen LogP contribution in [0.3, 0.4) is 0 Å². The van der Waals surface area contributed by atoms with Crippen LogP contribution in [-0.2, 0) is 13.0 Å². The zero-order valence-electron chi connectivity index (χ0n) is 11.8. The number of nitrogens with one attached hydrogen (secondary N) is 1. The van der Waals surface area contributed by atoms with Gasteiger partial charge < -0.3 is 10.1 Å². The summed E-state index contributed by atoms with van der Waals surface area (Å²) in [6.45, 7) is 2.44. The summed E-state index contributed by atoms with van der Waals surface area (Å²) >= 11 is 0. The second kappa shape index (κ2) is 5.33. The van der Waals surface area contributed by atoms with Gasteiger partial charge in [-0.3, -0.25) is 0 Å². The van der Waals surface area contributed by atoms with Gasteiger partial charge in [-0.15, -0.1) is 0 Å². The molecule has 2 aliphatic heterocycles. The summed E-state index contributed by atoms with van der Waals surface area (Å²) < 4.78 is 7.79. The van der Waals surface area contributed by atoms with E-state index in [1.165, 1.54) is 11.1 Å². The molecule has 1 aromatic heterocycles. The van der Waals surface area contributed by atoms with Gasteiger partial charge in [0, 0.05) is 24.6 Å². The second-order valence-electron chi connectivity index (χ2n) is 5.60. The highest BCUT2D eigenvalue weighted by atomic mass is 16.5. The molecule has 5 heteroatoms. The summed E-state index contributed by atoms with van der Waals surface area (Å²) in [7, 11) is 0. The van der Waals surface area contributed by atoms with Crippen LogP contribution in [0.1, 0.15) is 17.8 Å². The topological polar surface area (TPSA) is 52.0 Å². The molecule has 0 fully saturated rings. The molecule has 21 heavy (non-hydrogen) atoms. The normalized spacial score (nSPS) is 20.2. The Morgan fingerprint density at radius 3 is 3.29 bits per heavy atom. The molecule has 0 amide bonds. The highest BCUT2D eigenvalue weighted by molar-refractivity contribution is 5.62. The second-order valence-corrected chi connectivity index (χ2v) is 5.60. The smallest absolute Gasteiger partial charge is 0.138 e. The molecule has 3 heterocycles.